The van der Waals surface area contributed by atoms with E-state index in [-0.39, 0.29) is 41.9 Å². The summed E-state index contributed by atoms with van der Waals surface area (Å²) < 4.78 is 18.7. The van der Waals surface area contributed by atoms with Crippen LogP contribution in [0.3, 0.4) is 0 Å². The van der Waals surface area contributed by atoms with Gasteiger partial charge in [-0.3, -0.25) is 14.5 Å². The molecule has 0 radical (unpaired) electrons. The predicted octanol–water partition coefficient (Wildman–Crippen LogP) is 4.52. The summed E-state index contributed by atoms with van der Waals surface area (Å²) in [4.78, 5) is 29.1. The van der Waals surface area contributed by atoms with E-state index in [4.69, 9.17) is 4.52 Å². The second-order valence-electron chi connectivity index (χ2n) is 9.36. The highest BCUT2D eigenvalue weighted by Crippen LogP contribution is 2.38. The number of carbonyl (C=O) groups excluding carboxylic acids is 2. The summed E-state index contributed by atoms with van der Waals surface area (Å²) >= 11 is 0. The van der Waals surface area contributed by atoms with Gasteiger partial charge < -0.3 is 9.42 Å². The minimum Gasteiger partial charge on any atom is -0.356 e. The van der Waals surface area contributed by atoms with Crippen LogP contribution >= 0.6 is 12.4 Å². The number of fused-ring (bicyclic) bond motifs is 2. The molecular weight excluding hydrogens is 433 g/mol. The summed E-state index contributed by atoms with van der Waals surface area (Å²) in [6, 6.07) is 4.62. The summed E-state index contributed by atoms with van der Waals surface area (Å²) in [5.41, 5.74) is 1.46. The number of unbranched alkanes of at least 4 members (excludes halogenated alkanes) is 1. The number of hydrogen-bond acceptors (Lipinski definition) is 5. The van der Waals surface area contributed by atoms with Crippen molar-refractivity contribution in [2.75, 3.05) is 26.2 Å². The molecule has 174 valence electrons. The van der Waals surface area contributed by atoms with Gasteiger partial charge in [-0.25, -0.2) is 4.39 Å². The number of likely N-dealkylation sites (tertiary alicyclic amines) is 2. The number of amides is 2. The van der Waals surface area contributed by atoms with Gasteiger partial charge in [-0.05, 0) is 70.3 Å². The van der Waals surface area contributed by atoms with Crippen LogP contribution in [0, 0.1) is 17.7 Å². The van der Waals surface area contributed by atoms with Gasteiger partial charge >= 0.3 is 0 Å². The van der Waals surface area contributed by atoms with Gasteiger partial charge in [0.05, 0.1) is 17.5 Å². The number of carbonyl (C=O) groups is 2. The van der Waals surface area contributed by atoms with Crippen LogP contribution in [0.4, 0.5) is 4.39 Å². The third-order valence-electron chi connectivity index (χ3n) is 7.47. The molecule has 2 aromatic rings. The highest BCUT2D eigenvalue weighted by molar-refractivity contribution is 6.05. The fraction of sp³-hybridized carbons (Fsp3) is 0.625. The molecule has 2 atom stereocenters. The zero-order chi connectivity index (χ0) is 21.4. The standard InChI is InChI=1S/C24H30FN3O3.ClH/c25-17-7-8-20-21(15-17)31-26-22(20)16-9-13-27(14-10-16)11-3-4-12-28-23(29)18-5-1-2-6-19(18)24(28)30;/h7-8,15-16,18-19H,1-6,9-14H2;1H. The lowest BCUT2D eigenvalue weighted by atomic mass is 9.81. The number of benzene rings is 1. The second-order valence-corrected chi connectivity index (χ2v) is 9.36. The molecule has 3 fully saturated rings. The van der Waals surface area contributed by atoms with Crippen LogP contribution in [0.2, 0.25) is 0 Å². The number of aromatic nitrogens is 1. The molecule has 0 N–H and O–H groups in total. The molecule has 1 aromatic carbocycles. The molecule has 1 aliphatic carbocycles. The Morgan fingerprint density at radius 3 is 2.31 bits per heavy atom. The summed E-state index contributed by atoms with van der Waals surface area (Å²) in [7, 11) is 0. The first kappa shape index (κ1) is 23.2. The molecule has 1 aromatic heterocycles. The van der Waals surface area contributed by atoms with E-state index in [2.05, 4.69) is 10.1 Å². The molecule has 6 nitrogen and oxygen atoms in total. The first-order chi connectivity index (χ1) is 15.1. The smallest absolute Gasteiger partial charge is 0.233 e. The second kappa shape index (κ2) is 9.87. The van der Waals surface area contributed by atoms with Gasteiger partial charge in [0.25, 0.3) is 0 Å². The third kappa shape index (κ3) is 4.42. The van der Waals surface area contributed by atoms with Crippen molar-refractivity contribution in [1.82, 2.24) is 15.0 Å². The van der Waals surface area contributed by atoms with Gasteiger partial charge in [-0.1, -0.05) is 18.0 Å². The van der Waals surface area contributed by atoms with Gasteiger partial charge in [-0.2, -0.15) is 0 Å². The fourth-order valence-electron chi connectivity index (χ4n) is 5.71. The Morgan fingerprint density at radius 1 is 0.969 bits per heavy atom. The van der Waals surface area contributed by atoms with Crippen LogP contribution in [0.25, 0.3) is 11.0 Å². The van der Waals surface area contributed by atoms with Crippen molar-refractivity contribution >= 4 is 35.2 Å². The van der Waals surface area contributed by atoms with Crippen molar-refractivity contribution in [3.63, 3.8) is 0 Å². The van der Waals surface area contributed by atoms with E-state index in [1.165, 1.54) is 12.1 Å². The minimum atomic E-state index is -0.305. The topological polar surface area (TPSA) is 66.7 Å². The monoisotopic (exact) mass is 463 g/mol. The van der Waals surface area contributed by atoms with E-state index in [1.54, 1.807) is 11.0 Å². The lowest BCUT2D eigenvalue weighted by molar-refractivity contribution is -0.140. The van der Waals surface area contributed by atoms with Crippen molar-refractivity contribution in [3.8, 4) is 0 Å². The number of imide groups is 1. The van der Waals surface area contributed by atoms with Gasteiger partial charge in [0, 0.05) is 23.9 Å². The van der Waals surface area contributed by atoms with Crippen LogP contribution in [0.1, 0.15) is 63.0 Å². The van der Waals surface area contributed by atoms with E-state index in [0.29, 0.717) is 18.0 Å². The average Bonchev–Trinajstić information content (AvgIpc) is 3.31. The molecular formula is C24H31ClFN3O3. The van der Waals surface area contributed by atoms with Crippen LogP contribution in [-0.2, 0) is 9.59 Å². The Kier molecular flexibility index (Phi) is 7.15. The summed E-state index contributed by atoms with van der Waals surface area (Å²) in [5, 5.41) is 5.14. The largest absolute Gasteiger partial charge is 0.356 e. The van der Waals surface area contributed by atoms with Gasteiger partial charge in [0.15, 0.2) is 5.58 Å². The molecule has 2 saturated heterocycles. The molecule has 3 heterocycles. The molecule has 5 rings (SSSR count). The van der Waals surface area contributed by atoms with Crippen LogP contribution in [-0.4, -0.2) is 52.9 Å². The van der Waals surface area contributed by atoms with Crippen molar-refractivity contribution in [1.29, 1.82) is 0 Å². The summed E-state index contributed by atoms with van der Waals surface area (Å²) in [5.74, 6) is 0.117. The first-order valence-electron chi connectivity index (χ1n) is 11.7. The predicted molar refractivity (Wildman–Crippen MR) is 121 cm³/mol. The Morgan fingerprint density at radius 2 is 1.62 bits per heavy atom. The van der Waals surface area contributed by atoms with Crippen molar-refractivity contribution in [3.05, 3.63) is 29.7 Å². The van der Waals surface area contributed by atoms with E-state index in [1.807, 2.05) is 0 Å². The van der Waals surface area contributed by atoms with Crippen molar-refractivity contribution in [2.45, 2.75) is 57.3 Å². The number of piperidine rings is 1. The maximum Gasteiger partial charge on any atom is 0.233 e. The number of nitrogens with zero attached hydrogens (tertiary/aromatic N) is 3. The SMILES string of the molecule is Cl.O=C1C2CCCCC2C(=O)N1CCCCN1CCC(c2noc3cc(F)ccc23)CC1. The molecule has 0 bridgehead atoms. The Hall–Kier alpha value is -1.99. The molecule has 1 saturated carbocycles. The molecule has 3 aliphatic rings. The van der Waals surface area contributed by atoms with Crippen molar-refractivity contribution < 1.29 is 18.5 Å². The summed E-state index contributed by atoms with van der Waals surface area (Å²) in [6.07, 6.45) is 7.79. The Bertz CT molecular complexity index is 949. The number of hydrogen-bond donors (Lipinski definition) is 0. The lowest BCUT2D eigenvalue weighted by Crippen LogP contribution is -2.35. The number of halogens is 2. The van der Waals surface area contributed by atoms with Crippen LogP contribution in [0.15, 0.2) is 22.7 Å². The highest BCUT2D eigenvalue weighted by atomic mass is 35.5. The number of rotatable bonds is 6. The Balaban J connectivity index is 0.00000245. The zero-order valence-corrected chi connectivity index (χ0v) is 19.1. The minimum absolute atomic E-state index is 0. The molecule has 8 heteroatoms. The van der Waals surface area contributed by atoms with Crippen LogP contribution < -0.4 is 0 Å². The van der Waals surface area contributed by atoms with Gasteiger partial charge in [0.1, 0.15) is 5.82 Å². The normalized spacial score (nSPS) is 24.7. The highest BCUT2D eigenvalue weighted by Gasteiger charge is 2.47. The van der Waals surface area contributed by atoms with Crippen molar-refractivity contribution in [2.24, 2.45) is 11.8 Å². The Labute approximate surface area is 193 Å². The maximum absolute atomic E-state index is 13.4. The third-order valence-corrected chi connectivity index (χ3v) is 7.47. The van der Waals surface area contributed by atoms with Gasteiger partial charge in [0.2, 0.25) is 11.8 Å². The molecule has 32 heavy (non-hydrogen) atoms. The lowest BCUT2D eigenvalue weighted by Gasteiger charge is -2.31. The van der Waals surface area contributed by atoms with E-state index >= 15 is 0 Å². The molecule has 2 aliphatic heterocycles. The quantitative estimate of drug-likeness (QED) is 0.465. The average molecular weight is 464 g/mol. The van der Waals surface area contributed by atoms with E-state index in [9.17, 15) is 14.0 Å². The van der Waals surface area contributed by atoms with Gasteiger partial charge in [-0.15, -0.1) is 12.4 Å². The van der Waals surface area contributed by atoms with E-state index in [0.717, 1.165) is 82.1 Å². The van der Waals surface area contributed by atoms with Crippen LogP contribution in [0.5, 0.6) is 0 Å². The summed E-state index contributed by atoms with van der Waals surface area (Å²) in [6.45, 7) is 3.54. The first-order valence-corrected chi connectivity index (χ1v) is 11.7. The van der Waals surface area contributed by atoms with E-state index < -0.39 is 0 Å². The zero-order valence-electron chi connectivity index (χ0n) is 18.3. The molecule has 2 amide bonds. The molecule has 2 unspecified atom stereocenters. The maximum atomic E-state index is 13.4. The fourth-order valence-corrected chi connectivity index (χ4v) is 5.71. The molecule has 0 spiro atoms.